The molecule has 0 radical (unpaired) electrons. The van der Waals surface area contributed by atoms with Crippen LogP contribution in [0.3, 0.4) is 0 Å². The van der Waals surface area contributed by atoms with Crippen LogP contribution < -0.4 is 10.3 Å². The van der Waals surface area contributed by atoms with E-state index in [9.17, 15) is 4.79 Å². The maximum atomic E-state index is 12.9. The Kier molecular flexibility index (Phi) is 5.67. The summed E-state index contributed by atoms with van der Waals surface area (Å²) in [6, 6.07) is 15.7. The largest absolute Gasteiger partial charge is 0.491 e. The van der Waals surface area contributed by atoms with Crippen LogP contribution in [-0.4, -0.2) is 15.7 Å². The van der Waals surface area contributed by atoms with E-state index in [1.807, 2.05) is 70.2 Å². The zero-order chi connectivity index (χ0) is 18.7. The highest BCUT2D eigenvalue weighted by Gasteiger charge is 2.14. The van der Waals surface area contributed by atoms with Crippen molar-refractivity contribution in [1.29, 1.82) is 0 Å². The Morgan fingerprint density at radius 2 is 1.85 bits per heavy atom. The smallest absolute Gasteiger partial charge is 0.262 e. The van der Waals surface area contributed by atoms with Crippen LogP contribution in [0.15, 0.2) is 58.5 Å². The van der Waals surface area contributed by atoms with Gasteiger partial charge in [0.2, 0.25) is 0 Å². The number of rotatable bonds is 6. The molecule has 0 amide bonds. The molecule has 1 heterocycles. The van der Waals surface area contributed by atoms with E-state index in [1.165, 1.54) is 0 Å². The second kappa shape index (κ2) is 7.96. The summed E-state index contributed by atoms with van der Waals surface area (Å²) < 4.78 is 7.54. The number of para-hydroxylation sites is 1. The minimum atomic E-state index is 0.0185. The van der Waals surface area contributed by atoms with E-state index < -0.39 is 0 Å². The summed E-state index contributed by atoms with van der Waals surface area (Å²) in [6.07, 6.45) is 0.145. The maximum Gasteiger partial charge on any atom is 0.262 e. The fourth-order valence-corrected chi connectivity index (χ4v) is 3.88. The van der Waals surface area contributed by atoms with Crippen molar-refractivity contribution in [3.63, 3.8) is 0 Å². The Morgan fingerprint density at radius 1 is 1.08 bits per heavy atom. The molecular weight excluding hydrogens is 344 g/mol. The van der Waals surface area contributed by atoms with Crippen molar-refractivity contribution in [3.8, 4) is 5.75 Å². The van der Waals surface area contributed by atoms with Crippen molar-refractivity contribution < 1.29 is 4.74 Å². The van der Waals surface area contributed by atoms with E-state index in [0.29, 0.717) is 5.39 Å². The number of aromatic nitrogens is 2. The lowest BCUT2D eigenvalue weighted by Gasteiger charge is -2.16. The summed E-state index contributed by atoms with van der Waals surface area (Å²) in [6.45, 7) is 8.06. The second-order valence-electron chi connectivity index (χ2n) is 6.78. The van der Waals surface area contributed by atoms with E-state index in [-0.39, 0.29) is 17.7 Å². The highest BCUT2D eigenvalue weighted by Crippen LogP contribution is 2.26. The van der Waals surface area contributed by atoms with E-state index >= 15 is 0 Å². The number of thioether (sulfide) groups is 1. The van der Waals surface area contributed by atoms with Crippen LogP contribution in [0, 0.1) is 0 Å². The van der Waals surface area contributed by atoms with Crippen molar-refractivity contribution in [1.82, 2.24) is 9.55 Å². The Morgan fingerprint density at radius 3 is 2.58 bits per heavy atom. The van der Waals surface area contributed by atoms with Crippen molar-refractivity contribution in [2.75, 3.05) is 0 Å². The molecule has 0 aliphatic rings. The van der Waals surface area contributed by atoms with Gasteiger partial charge in [0.1, 0.15) is 5.75 Å². The molecule has 0 saturated heterocycles. The Bertz CT molecular complexity index is 964. The van der Waals surface area contributed by atoms with Gasteiger partial charge in [-0.15, -0.1) is 0 Å². The summed E-state index contributed by atoms with van der Waals surface area (Å²) in [7, 11) is 0. The monoisotopic (exact) mass is 368 g/mol. The van der Waals surface area contributed by atoms with Crippen LogP contribution >= 0.6 is 11.8 Å². The molecule has 0 saturated carbocycles. The lowest BCUT2D eigenvalue weighted by molar-refractivity contribution is 0.242. The van der Waals surface area contributed by atoms with E-state index in [2.05, 4.69) is 6.07 Å². The van der Waals surface area contributed by atoms with E-state index in [4.69, 9.17) is 9.72 Å². The lowest BCUT2D eigenvalue weighted by Crippen LogP contribution is -2.25. The van der Waals surface area contributed by atoms with Gasteiger partial charge in [-0.1, -0.05) is 36.0 Å². The van der Waals surface area contributed by atoms with Gasteiger partial charge in [0.05, 0.1) is 17.0 Å². The predicted octanol–water partition coefficient (Wildman–Crippen LogP) is 5.06. The second-order valence-corrected chi connectivity index (χ2v) is 7.73. The molecule has 2 aromatic carbocycles. The van der Waals surface area contributed by atoms with Crippen LogP contribution in [0.5, 0.6) is 5.75 Å². The van der Waals surface area contributed by atoms with Gasteiger partial charge in [-0.25, -0.2) is 4.98 Å². The SMILES string of the molecule is CC(C)Oc1cccc(CSc2nc3ccccc3c(=O)n2C(C)C)c1. The minimum absolute atomic E-state index is 0.0185. The molecular formula is C21H24N2O2S. The summed E-state index contributed by atoms with van der Waals surface area (Å²) in [5, 5.41) is 1.41. The first-order chi connectivity index (χ1) is 12.5. The molecule has 5 heteroatoms. The number of fused-ring (bicyclic) bond motifs is 1. The zero-order valence-electron chi connectivity index (χ0n) is 15.6. The molecule has 3 rings (SSSR count). The number of hydrogen-bond donors (Lipinski definition) is 0. The Balaban J connectivity index is 1.91. The first-order valence-electron chi connectivity index (χ1n) is 8.85. The van der Waals surface area contributed by atoms with E-state index in [1.54, 1.807) is 16.3 Å². The van der Waals surface area contributed by atoms with E-state index in [0.717, 1.165) is 27.7 Å². The quantitative estimate of drug-likeness (QED) is 0.451. The van der Waals surface area contributed by atoms with Gasteiger partial charge in [-0.2, -0.15) is 0 Å². The molecule has 0 atom stereocenters. The van der Waals surface area contributed by atoms with Gasteiger partial charge in [0.25, 0.3) is 5.56 Å². The Labute approximate surface area is 158 Å². The zero-order valence-corrected chi connectivity index (χ0v) is 16.4. The average molecular weight is 369 g/mol. The summed E-state index contributed by atoms with van der Waals surface area (Å²) in [5.41, 5.74) is 1.91. The topological polar surface area (TPSA) is 44.1 Å². The van der Waals surface area contributed by atoms with Gasteiger partial charge >= 0.3 is 0 Å². The maximum absolute atomic E-state index is 12.9. The highest BCUT2D eigenvalue weighted by atomic mass is 32.2. The molecule has 1 aromatic heterocycles. The van der Waals surface area contributed by atoms with Crippen molar-refractivity contribution in [3.05, 3.63) is 64.4 Å². The molecule has 0 N–H and O–H groups in total. The fraction of sp³-hybridized carbons (Fsp3) is 0.333. The summed E-state index contributed by atoms with van der Waals surface area (Å²) in [5.74, 6) is 1.60. The number of hydrogen-bond acceptors (Lipinski definition) is 4. The third kappa shape index (κ3) is 4.10. The minimum Gasteiger partial charge on any atom is -0.491 e. The van der Waals surface area contributed by atoms with Crippen molar-refractivity contribution >= 4 is 22.7 Å². The molecule has 0 bridgehead atoms. The van der Waals surface area contributed by atoms with Crippen LogP contribution in [0.4, 0.5) is 0 Å². The van der Waals surface area contributed by atoms with Crippen LogP contribution in [0.2, 0.25) is 0 Å². The van der Waals surface area contributed by atoms with Crippen LogP contribution in [0.25, 0.3) is 10.9 Å². The predicted molar refractivity (Wildman–Crippen MR) is 108 cm³/mol. The molecule has 26 heavy (non-hydrogen) atoms. The van der Waals surface area contributed by atoms with Crippen molar-refractivity contribution in [2.24, 2.45) is 0 Å². The first kappa shape index (κ1) is 18.5. The van der Waals surface area contributed by atoms with Crippen LogP contribution in [0.1, 0.15) is 39.3 Å². The van der Waals surface area contributed by atoms with Crippen molar-refractivity contribution in [2.45, 2.75) is 50.8 Å². The summed E-state index contributed by atoms with van der Waals surface area (Å²) in [4.78, 5) is 17.6. The van der Waals surface area contributed by atoms with Gasteiger partial charge in [-0.05, 0) is 57.5 Å². The highest BCUT2D eigenvalue weighted by molar-refractivity contribution is 7.98. The lowest BCUT2D eigenvalue weighted by atomic mass is 10.2. The standard InChI is InChI=1S/C21H24N2O2S/c1-14(2)23-20(24)18-10-5-6-11-19(18)22-21(23)26-13-16-8-7-9-17(12-16)25-15(3)4/h5-12,14-15H,13H2,1-4H3. The number of ether oxygens (including phenoxy) is 1. The third-order valence-electron chi connectivity index (χ3n) is 3.93. The van der Waals surface area contributed by atoms with Gasteiger partial charge < -0.3 is 4.74 Å². The Hall–Kier alpha value is -2.27. The average Bonchev–Trinajstić information content (AvgIpc) is 2.59. The molecule has 0 aliphatic carbocycles. The molecule has 136 valence electrons. The molecule has 0 aliphatic heterocycles. The molecule has 0 fully saturated rings. The molecule has 0 spiro atoms. The molecule has 4 nitrogen and oxygen atoms in total. The van der Waals surface area contributed by atoms with Gasteiger partial charge in [0, 0.05) is 11.8 Å². The molecule has 0 unspecified atom stereocenters. The third-order valence-corrected chi connectivity index (χ3v) is 4.95. The number of nitrogens with zero attached hydrogens (tertiary/aromatic N) is 2. The molecule has 3 aromatic rings. The fourth-order valence-electron chi connectivity index (χ4n) is 2.81. The first-order valence-corrected chi connectivity index (χ1v) is 9.84. The van der Waals surface area contributed by atoms with Gasteiger partial charge in [-0.3, -0.25) is 9.36 Å². The normalized spacial score (nSPS) is 11.5. The summed E-state index contributed by atoms with van der Waals surface area (Å²) >= 11 is 1.58. The van der Waals surface area contributed by atoms with Crippen LogP contribution in [-0.2, 0) is 5.75 Å². The van der Waals surface area contributed by atoms with Gasteiger partial charge in [0.15, 0.2) is 5.16 Å². The number of benzene rings is 2.